The molecule has 15 heavy (non-hydrogen) atoms. The Morgan fingerprint density at radius 3 is 2.53 bits per heavy atom. The highest BCUT2D eigenvalue weighted by atomic mass is 16.2. The summed E-state index contributed by atoms with van der Waals surface area (Å²) in [5.74, 6) is 0.207. The Hall–Kier alpha value is -1.09. The summed E-state index contributed by atoms with van der Waals surface area (Å²) in [6, 6.07) is 0. The Bertz CT molecular complexity index is 299. The van der Waals surface area contributed by atoms with E-state index in [1.54, 1.807) is 0 Å². The van der Waals surface area contributed by atoms with Crippen molar-refractivity contribution in [3.63, 3.8) is 0 Å². The molecule has 1 heterocycles. The van der Waals surface area contributed by atoms with Gasteiger partial charge in [-0.2, -0.15) is 0 Å². The largest absolute Gasteiger partial charge is 0.336 e. The van der Waals surface area contributed by atoms with E-state index < -0.39 is 0 Å². The monoisotopic (exact) mass is 206 g/mol. The van der Waals surface area contributed by atoms with Crippen LogP contribution in [0.15, 0.2) is 23.8 Å². The lowest BCUT2D eigenvalue weighted by Crippen LogP contribution is -2.47. The molecular weight excluding hydrogens is 188 g/mol. The minimum atomic E-state index is 0.207. The zero-order chi connectivity index (χ0) is 10.7. The number of hydrogen-bond acceptors (Lipinski definition) is 2. The Labute approximate surface area is 91.0 Å². The number of likely N-dealkylation sites (N-methyl/N-ethyl adjacent to an activating group) is 1. The van der Waals surface area contributed by atoms with Crippen LogP contribution in [0.1, 0.15) is 12.8 Å². The SMILES string of the molecule is CN1CCN(C(=O)C2=CCCC=C2)CC1. The molecular formula is C12H18N2O. The maximum atomic E-state index is 12.0. The fourth-order valence-electron chi connectivity index (χ4n) is 1.96. The third-order valence-electron chi connectivity index (χ3n) is 3.03. The van der Waals surface area contributed by atoms with Crippen molar-refractivity contribution in [2.75, 3.05) is 33.2 Å². The Balaban J connectivity index is 1.96. The minimum Gasteiger partial charge on any atom is -0.336 e. The van der Waals surface area contributed by atoms with Crippen LogP contribution in [0, 0.1) is 0 Å². The molecule has 0 spiro atoms. The zero-order valence-corrected chi connectivity index (χ0v) is 9.28. The van der Waals surface area contributed by atoms with Gasteiger partial charge in [-0.15, -0.1) is 0 Å². The Morgan fingerprint density at radius 1 is 1.20 bits per heavy atom. The van der Waals surface area contributed by atoms with Gasteiger partial charge in [0.1, 0.15) is 0 Å². The molecule has 1 amide bonds. The van der Waals surface area contributed by atoms with Crippen molar-refractivity contribution in [1.29, 1.82) is 0 Å². The van der Waals surface area contributed by atoms with E-state index in [0.29, 0.717) is 0 Å². The van der Waals surface area contributed by atoms with Gasteiger partial charge in [0.25, 0.3) is 5.91 Å². The normalized spacial score (nSPS) is 22.7. The van der Waals surface area contributed by atoms with Crippen molar-refractivity contribution in [1.82, 2.24) is 9.80 Å². The van der Waals surface area contributed by atoms with E-state index in [-0.39, 0.29) is 5.91 Å². The summed E-state index contributed by atoms with van der Waals surface area (Å²) in [7, 11) is 2.10. The van der Waals surface area contributed by atoms with Gasteiger partial charge in [0.05, 0.1) is 0 Å². The molecule has 1 saturated heterocycles. The third-order valence-corrected chi connectivity index (χ3v) is 3.03. The summed E-state index contributed by atoms with van der Waals surface area (Å²) in [6.07, 6.45) is 8.18. The highest BCUT2D eigenvalue weighted by molar-refractivity contribution is 5.96. The summed E-state index contributed by atoms with van der Waals surface area (Å²) in [5.41, 5.74) is 0.880. The van der Waals surface area contributed by atoms with E-state index in [4.69, 9.17) is 0 Å². The minimum absolute atomic E-state index is 0.207. The molecule has 2 aliphatic rings. The van der Waals surface area contributed by atoms with Crippen LogP contribution in [0.2, 0.25) is 0 Å². The number of carbonyl (C=O) groups is 1. The van der Waals surface area contributed by atoms with Crippen LogP contribution in [-0.4, -0.2) is 48.9 Å². The number of nitrogens with zero attached hydrogens (tertiary/aromatic N) is 2. The highest BCUT2D eigenvalue weighted by Gasteiger charge is 2.20. The second-order valence-corrected chi connectivity index (χ2v) is 4.23. The molecule has 1 aliphatic carbocycles. The molecule has 0 aromatic carbocycles. The van der Waals surface area contributed by atoms with Gasteiger partial charge in [-0.3, -0.25) is 4.79 Å². The van der Waals surface area contributed by atoms with Crippen LogP contribution >= 0.6 is 0 Å². The molecule has 0 aromatic heterocycles. The van der Waals surface area contributed by atoms with Crippen LogP contribution in [0.5, 0.6) is 0 Å². The van der Waals surface area contributed by atoms with Crippen LogP contribution in [0.3, 0.4) is 0 Å². The van der Waals surface area contributed by atoms with Crippen molar-refractivity contribution in [3.8, 4) is 0 Å². The number of piperazine rings is 1. The van der Waals surface area contributed by atoms with E-state index in [1.165, 1.54) is 0 Å². The third kappa shape index (κ3) is 2.48. The van der Waals surface area contributed by atoms with E-state index in [2.05, 4.69) is 24.1 Å². The molecule has 3 heteroatoms. The predicted molar refractivity (Wildman–Crippen MR) is 60.5 cm³/mol. The highest BCUT2D eigenvalue weighted by Crippen LogP contribution is 2.13. The molecule has 82 valence electrons. The van der Waals surface area contributed by atoms with Gasteiger partial charge < -0.3 is 9.80 Å². The van der Waals surface area contributed by atoms with Gasteiger partial charge in [-0.05, 0) is 19.9 Å². The first kappa shape index (κ1) is 10.4. The number of rotatable bonds is 1. The topological polar surface area (TPSA) is 23.6 Å². The van der Waals surface area contributed by atoms with Crippen molar-refractivity contribution in [3.05, 3.63) is 23.8 Å². The predicted octanol–water partition coefficient (Wildman–Crippen LogP) is 1.04. The van der Waals surface area contributed by atoms with Gasteiger partial charge in [0.15, 0.2) is 0 Å². The fraction of sp³-hybridized carbons (Fsp3) is 0.583. The molecule has 2 rings (SSSR count). The molecule has 0 unspecified atom stereocenters. The van der Waals surface area contributed by atoms with E-state index >= 15 is 0 Å². The number of carbonyl (C=O) groups excluding carboxylic acids is 1. The number of allylic oxidation sites excluding steroid dienone is 2. The molecule has 0 bridgehead atoms. The maximum absolute atomic E-state index is 12.0. The lowest BCUT2D eigenvalue weighted by atomic mass is 10.1. The average molecular weight is 206 g/mol. The summed E-state index contributed by atoms with van der Waals surface area (Å²) < 4.78 is 0. The lowest BCUT2D eigenvalue weighted by Gasteiger charge is -2.32. The molecule has 0 atom stereocenters. The van der Waals surface area contributed by atoms with E-state index in [1.807, 2.05) is 11.0 Å². The van der Waals surface area contributed by atoms with Crippen LogP contribution < -0.4 is 0 Å². The first-order valence-electron chi connectivity index (χ1n) is 5.62. The summed E-state index contributed by atoms with van der Waals surface area (Å²) >= 11 is 0. The summed E-state index contributed by atoms with van der Waals surface area (Å²) in [6.45, 7) is 3.70. The Morgan fingerprint density at radius 2 is 1.93 bits per heavy atom. The first-order chi connectivity index (χ1) is 7.27. The van der Waals surface area contributed by atoms with Crippen LogP contribution in [-0.2, 0) is 4.79 Å². The zero-order valence-electron chi connectivity index (χ0n) is 9.28. The number of amides is 1. The second kappa shape index (κ2) is 4.62. The van der Waals surface area contributed by atoms with Crippen LogP contribution in [0.25, 0.3) is 0 Å². The molecule has 0 aromatic rings. The fourth-order valence-corrected chi connectivity index (χ4v) is 1.96. The molecule has 1 fully saturated rings. The molecule has 0 radical (unpaired) electrons. The quantitative estimate of drug-likeness (QED) is 0.640. The van der Waals surface area contributed by atoms with Crippen LogP contribution in [0.4, 0.5) is 0 Å². The lowest BCUT2D eigenvalue weighted by molar-refractivity contribution is -0.128. The second-order valence-electron chi connectivity index (χ2n) is 4.23. The summed E-state index contributed by atoms with van der Waals surface area (Å²) in [4.78, 5) is 16.3. The van der Waals surface area contributed by atoms with Crippen molar-refractivity contribution in [2.24, 2.45) is 0 Å². The molecule has 0 N–H and O–H groups in total. The van der Waals surface area contributed by atoms with Crippen molar-refractivity contribution >= 4 is 5.91 Å². The first-order valence-corrected chi connectivity index (χ1v) is 5.62. The smallest absolute Gasteiger partial charge is 0.253 e. The van der Waals surface area contributed by atoms with Gasteiger partial charge in [0.2, 0.25) is 0 Å². The molecule has 0 saturated carbocycles. The van der Waals surface area contributed by atoms with E-state index in [9.17, 15) is 4.79 Å². The number of hydrogen-bond donors (Lipinski definition) is 0. The maximum Gasteiger partial charge on any atom is 0.253 e. The Kier molecular flexibility index (Phi) is 3.21. The summed E-state index contributed by atoms with van der Waals surface area (Å²) in [5, 5.41) is 0. The van der Waals surface area contributed by atoms with E-state index in [0.717, 1.165) is 44.6 Å². The molecule has 1 aliphatic heterocycles. The van der Waals surface area contributed by atoms with Gasteiger partial charge >= 0.3 is 0 Å². The average Bonchev–Trinajstić information content (AvgIpc) is 2.30. The van der Waals surface area contributed by atoms with Crippen molar-refractivity contribution < 1.29 is 4.79 Å². The van der Waals surface area contributed by atoms with Crippen molar-refractivity contribution in [2.45, 2.75) is 12.8 Å². The van der Waals surface area contributed by atoms with Gasteiger partial charge in [-0.25, -0.2) is 0 Å². The standard InChI is InChI=1S/C12H18N2O/c1-13-7-9-14(10-8-13)12(15)11-5-3-2-4-6-11/h3,5-6H,2,4,7-10H2,1H3. The van der Waals surface area contributed by atoms with Gasteiger partial charge in [0, 0.05) is 31.8 Å². The van der Waals surface area contributed by atoms with Gasteiger partial charge in [-0.1, -0.05) is 18.2 Å². The molecule has 3 nitrogen and oxygen atoms in total.